The van der Waals surface area contributed by atoms with Crippen molar-refractivity contribution in [1.82, 2.24) is 9.88 Å². The van der Waals surface area contributed by atoms with Gasteiger partial charge in [-0.3, -0.25) is 4.79 Å². The molecule has 140 valence electrons. The lowest BCUT2D eigenvalue weighted by atomic mass is 10.1. The molecule has 0 saturated heterocycles. The van der Waals surface area contributed by atoms with Gasteiger partial charge < -0.3 is 14.4 Å². The zero-order valence-electron chi connectivity index (χ0n) is 15.3. The van der Waals surface area contributed by atoms with Gasteiger partial charge in [0, 0.05) is 20.0 Å². The molecule has 1 aliphatic heterocycles. The monoisotopic (exact) mass is 382 g/mol. The maximum atomic E-state index is 12.5. The van der Waals surface area contributed by atoms with Gasteiger partial charge in [0.25, 0.3) is 0 Å². The smallest absolute Gasteiger partial charge is 0.222 e. The van der Waals surface area contributed by atoms with Crippen molar-refractivity contribution in [2.24, 2.45) is 0 Å². The lowest BCUT2D eigenvalue weighted by molar-refractivity contribution is -0.130. The Labute approximate surface area is 162 Å². The van der Waals surface area contributed by atoms with Gasteiger partial charge in [0.05, 0.1) is 15.2 Å². The molecule has 6 heteroatoms. The molecule has 5 nitrogen and oxygen atoms in total. The number of carbonyl (C=O) groups is 1. The maximum absolute atomic E-state index is 12.5. The zero-order chi connectivity index (χ0) is 18.6. The molecule has 0 bridgehead atoms. The molecule has 2 heterocycles. The van der Waals surface area contributed by atoms with Crippen LogP contribution in [0.5, 0.6) is 11.5 Å². The number of ether oxygens (including phenoxy) is 2. The third kappa shape index (κ3) is 4.22. The molecule has 0 aliphatic carbocycles. The van der Waals surface area contributed by atoms with Crippen LogP contribution in [0.25, 0.3) is 10.2 Å². The average molecular weight is 382 g/mol. The summed E-state index contributed by atoms with van der Waals surface area (Å²) >= 11 is 1.71. The first-order valence-corrected chi connectivity index (χ1v) is 9.97. The molecule has 4 rings (SSSR count). The van der Waals surface area contributed by atoms with Crippen LogP contribution in [0.15, 0.2) is 42.5 Å². The molecule has 3 aromatic rings. The van der Waals surface area contributed by atoms with Crippen LogP contribution in [0.1, 0.15) is 23.4 Å². The van der Waals surface area contributed by atoms with E-state index >= 15 is 0 Å². The molecule has 2 aromatic carbocycles. The summed E-state index contributed by atoms with van der Waals surface area (Å²) in [5, 5.41) is 1.10. The van der Waals surface area contributed by atoms with Crippen molar-refractivity contribution < 1.29 is 14.3 Å². The number of aryl methyl sites for hydroxylation is 1. The number of hydrogen-bond acceptors (Lipinski definition) is 5. The van der Waals surface area contributed by atoms with E-state index in [1.54, 1.807) is 16.2 Å². The Bertz CT molecular complexity index is 921. The van der Waals surface area contributed by atoms with Crippen LogP contribution in [0.3, 0.4) is 0 Å². The second-order valence-corrected chi connectivity index (χ2v) is 7.77. The van der Waals surface area contributed by atoms with Gasteiger partial charge in [-0.2, -0.15) is 0 Å². The number of thiazole rings is 1. The number of benzene rings is 2. The van der Waals surface area contributed by atoms with Crippen LogP contribution in [0.4, 0.5) is 0 Å². The zero-order valence-corrected chi connectivity index (χ0v) is 16.1. The molecule has 1 aromatic heterocycles. The van der Waals surface area contributed by atoms with Gasteiger partial charge in [0.15, 0.2) is 11.5 Å². The maximum Gasteiger partial charge on any atom is 0.222 e. The van der Waals surface area contributed by atoms with E-state index in [0.29, 0.717) is 26.2 Å². The van der Waals surface area contributed by atoms with Crippen LogP contribution in [-0.2, 0) is 17.8 Å². The first-order chi connectivity index (χ1) is 13.2. The topological polar surface area (TPSA) is 51.7 Å². The normalized spacial score (nSPS) is 12.9. The fourth-order valence-corrected chi connectivity index (χ4v) is 4.17. The van der Waals surface area contributed by atoms with Gasteiger partial charge in [-0.25, -0.2) is 4.98 Å². The van der Waals surface area contributed by atoms with Crippen LogP contribution in [-0.4, -0.2) is 36.1 Å². The summed E-state index contributed by atoms with van der Waals surface area (Å²) in [6.45, 7) is 1.72. The average Bonchev–Trinajstić information content (AvgIpc) is 3.10. The van der Waals surface area contributed by atoms with E-state index in [1.165, 1.54) is 4.70 Å². The highest BCUT2D eigenvalue weighted by atomic mass is 32.1. The van der Waals surface area contributed by atoms with Gasteiger partial charge >= 0.3 is 0 Å². The van der Waals surface area contributed by atoms with Gasteiger partial charge in [0.2, 0.25) is 5.91 Å². The van der Waals surface area contributed by atoms with Crippen molar-refractivity contribution in [1.29, 1.82) is 0 Å². The van der Waals surface area contributed by atoms with E-state index in [0.717, 1.165) is 40.4 Å². The van der Waals surface area contributed by atoms with Gasteiger partial charge in [0.1, 0.15) is 13.2 Å². The summed E-state index contributed by atoms with van der Waals surface area (Å²) in [5.41, 5.74) is 2.08. The summed E-state index contributed by atoms with van der Waals surface area (Å²) in [6.07, 6.45) is 2.17. The van der Waals surface area contributed by atoms with E-state index < -0.39 is 0 Å². The van der Waals surface area contributed by atoms with Crippen molar-refractivity contribution in [2.45, 2.75) is 25.8 Å². The van der Waals surface area contributed by atoms with E-state index in [1.807, 2.05) is 43.4 Å². The van der Waals surface area contributed by atoms with Crippen molar-refractivity contribution in [3.05, 3.63) is 53.0 Å². The first-order valence-electron chi connectivity index (χ1n) is 9.16. The third-order valence-electron chi connectivity index (χ3n) is 4.57. The second-order valence-electron chi connectivity index (χ2n) is 6.66. The number of rotatable bonds is 6. The number of para-hydroxylation sites is 1. The molecular formula is C21H22N2O3S. The number of fused-ring (bicyclic) bond motifs is 2. The van der Waals surface area contributed by atoms with E-state index in [9.17, 15) is 4.79 Å². The molecule has 0 N–H and O–H groups in total. The molecule has 0 spiro atoms. The third-order valence-corrected chi connectivity index (χ3v) is 5.67. The van der Waals surface area contributed by atoms with Crippen molar-refractivity contribution in [3.8, 4) is 11.5 Å². The number of aromatic nitrogens is 1. The Morgan fingerprint density at radius 3 is 2.81 bits per heavy atom. The highest BCUT2D eigenvalue weighted by molar-refractivity contribution is 7.18. The summed E-state index contributed by atoms with van der Waals surface area (Å²) in [7, 11) is 1.84. The number of carbonyl (C=O) groups excluding carboxylic acids is 1. The molecule has 0 unspecified atom stereocenters. The van der Waals surface area contributed by atoms with Crippen LogP contribution >= 0.6 is 11.3 Å². The Kier molecular flexibility index (Phi) is 5.25. The molecule has 0 fully saturated rings. The van der Waals surface area contributed by atoms with Crippen molar-refractivity contribution >= 4 is 27.5 Å². The van der Waals surface area contributed by atoms with E-state index in [4.69, 9.17) is 9.47 Å². The van der Waals surface area contributed by atoms with Crippen LogP contribution < -0.4 is 9.47 Å². The minimum Gasteiger partial charge on any atom is -0.486 e. The summed E-state index contributed by atoms with van der Waals surface area (Å²) in [6, 6.07) is 14.0. The Hall–Kier alpha value is -2.60. The van der Waals surface area contributed by atoms with Crippen molar-refractivity contribution in [3.63, 3.8) is 0 Å². The molecule has 0 atom stereocenters. The minimum atomic E-state index is 0.144. The number of amides is 1. The second kappa shape index (κ2) is 7.96. The fraction of sp³-hybridized carbons (Fsp3) is 0.333. The largest absolute Gasteiger partial charge is 0.486 e. The molecule has 0 saturated carbocycles. The van der Waals surface area contributed by atoms with Crippen LogP contribution in [0.2, 0.25) is 0 Å². The quantitative estimate of drug-likeness (QED) is 0.645. The lowest BCUT2D eigenvalue weighted by Gasteiger charge is -2.21. The van der Waals surface area contributed by atoms with E-state index in [2.05, 4.69) is 11.1 Å². The van der Waals surface area contributed by atoms with Crippen molar-refractivity contribution in [2.75, 3.05) is 20.3 Å². The minimum absolute atomic E-state index is 0.144. The van der Waals surface area contributed by atoms with Crippen LogP contribution in [0, 0.1) is 0 Å². The predicted molar refractivity (Wildman–Crippen MR) is 106 cm³/mol. The summed E-state index contributed by atoms with van der Waals surface area (Å²) in [5.74, 6) is 1.68. The van der Waals surface area contributed by atoms with E-state index in [-0.39, 0.29) is 5.91 Å². The molecular weight excluding hydrogens is 360 g/mol. The summed E-state index contributed by atoms with van der Waals surface area (Å²) < 4.78 is 12.4. The molecule has 0 radical (unpaired) electrons. The summed E-state index contributed by atoms with van der Waals surface area (Å²) in [4.78, 5) is 18.9. The number of hydrogen-bond donors (Lipinski definition) is 0. The lowest BCUT2D eigenvalue weighted by Crippen LogP contribution is -2.26. The standard InChI is InChI=1S/C21H22N2O3S/c1-23(14-15-9-10-17-18(13-15)26-12-11-25-17)21(24)8-4-7-20-22-16-5-2-3-6-19(16)27-20/h2-3,5-6,9-10,13H,4,7-8,11-12,14H2,1H3. The Balaban J connectivity index is 1.29. The fourth-order valence-electron chi connectivity index (χ4n) is 3.16. The SMILES string of the molecule is CN(Cc1ccc2c(c1)OCCO2)C(=O)CCCc1nc2ccccc2s1. The molecule has 27 heavy (non-hydrogen) atoms. The highest BCUT2D eigenvalue weighted by Gasteiger charge is 2.14. The Morgan fingerprint density at radius 1 is 1.15 bits per heavy atom. The molecule has 1 aliphatic rings. The molecule has 1 amide bonds. The Morgan fingerprint density at radius 2 is 1.96 bits per heavy atom. The van der Waals surface area contributed by atoms with Gasteiger partial charge in [-0.05, 0) is 42.7 Å². The highest BCUT2D eigenvalue weighted by Crippen LogP contribution is 2.31. The van der Waals surface area contributed by atoms with Gasteiger partial charge in [-0.1, -0.05) is 18.2 Å². The number of nitrogens with zero attached hydrogens (tertiary/aromatic N) is 2. The first kappa shape index (κ1) is 17.8. The van der Waals surface area contributed by atoms with Gasteiger partial charge in [-0.15, -0.1) is 11.3 Å². The predicted octanol–water partition coefficient (Wildman–Crippen LogP) is 4.05.